The fraction of sp³-hybridized carbons (Fsp3) is 0.400. The molecule has 0 radical (unpaired) electrons. The van der Waals surface area contributed by atoms with Crippen molar-refractivity contribution in [1.29, 1.82) is 0 Å². The quantitative estimate of drug-likeness (QED) is 0.765. The summed E-state index contributed by atoms with van der Waals surface area (Å²) >= 11 is 0. The second-order valence-corrected chi connectivity index (χ2v) is 7.10. The third kappa shape index (κ3) is 4.80. The molecule has 0 unspecified atom stereocenters. The van der Waals surface area contributed by atoms with Crippen LogP contribution in [0.25, 0.3) is 0 Å². The monoisotopic (exact) mass is 297 g/mol. The van der Waals surface area contributed by atoms with Crippen molar-refractivity contribution in [2.24, 2.45) is 5.41 Å². The van der Waals surface area contributed by atoms with Crippen LogP contribution in [0.15, 0.2) is 48.5 Å². The van der Waals surface area contributed by atoms with Crippen molar-refractivity contribution in [1.82, 2.24) is 0 Å². The Hall–Kier alpha value is -1.96. The normalized spacial score (nSPS) is 11.3. The van der Waals surface area contributed by atoms with Crippen molar-refractivity contribution < 1.29 is 4.74 Å². The van der Waals surface area contributed by atoms with E-state index in [0.29, 0.717) is 0 Å². The van der Waals surface area contributed by atoms with Crippen LogP contribution in [0, 0.1) is 12.3 Å². The van der Waals surface area contributed by atoms with Gasteiger partial charge in [-0.2, -0.15) is 0 Å². The first-order valence-corrected chi connectivity index (χ1v) is 7.82. The molecule has 0 heterocycles. The van der Waals surface area contributed by atoms with Gasteiger partial charge < -0.3 is 9.64 Å². The Labute approximate surface area is 134 Å². The van der Waals surface area contributed by atoms with Crippen LogP contribution >= 0.6 is 0 Å². The van der Waals surface area contributed by atoms with Crippen molar-refractivity contribution in [3.8, 4) is 5.75 Å². The fourth-order valence-corrected chi connectivity index (χ4v) is 2.52. The number of benzene rings is 2. The van der Waals surface area contributed by atoms with E-state index in [9.17, 15) is 0 Å². The number of hydrogen-bond donors (Lipinski definition) is 0. The molecule has 0 aliphatic carbocycles. The molecule has 0 aromatic heterocycles. The largest absolute Gasteiger partial charge is 0.497 e. The highest BCUT2D eigenvalue weighted by molar-refractivity contribution is 5.50. The molecule has 0 spiro atoms. The molecular weight excluding hydrogens is 270 g/mol. The smallest absolute Gasteiger partial charge is 0.119 e. The van der Waals surface area contributed by atoms with Gasteiger partial charge in [0.1, 0.15) is 5.75 Å². The van der Waals surface area contributed by atoms with E-state index >= 15 is 0 Å². The lowest BCUT2D eigenvalue weighted by Crippen LogP contribution is -2.32. The van der Waals surface area contributed by atoms with Gasteiger partial charge in [-0.1, -0.05) is 50.6 Å². The van der Waals surface area contributed by atoms with Crippen LogP contribution < -0.4 is 9.64 Å². The number of ether oxygens (including phenoxy) is 1. The van der Waals surface area contributed by atoms with Gasteiger partial charge in [-0.25, -0.2) is 0 Å². The second kappa shape index (κ2) is 6.87. The van der Waals surface area contributed by atoms with Gasteiger partial charge >= 0.3 is 0 Å². The van der Waals surface area contributed by atoms with Crippen molar-refractivity contribution in [2.75, 3.05) is 18.6 Å². The zero-order valence-electron chi connectivity index (χ0n) is 14.4. The van der Waals surface area contributed by atoms with Gasteiger partial charge in [0, 0.05) is 18.8 Å². The highest BCUT2D eigenvalue weighted by atomic mass is 16.5. The molecule has 2 aromatic carbocycles. The lowest BCUT2D eigenvalue weighted by molar-refractivity contribution is 0.407. The molecule has 2 rings (SSSR count). The van der Waals surface area contributed by atoms with Gasteiger partial charge in [-0.3, -0.25) is 0 Å². The average molecular weight is 297 g/mol. The molecule has 0 saturated carbocycles. The molecule has 22 heavy (non-hydrogen) atoms. The molecule has 0 atom stereocenters. The minimum absolute atomic E-state index is 0.241. The molecule has 0 bridgehead atoms. The lowest BCUT2D eigenvalue weighted by Gasteiger charge is -2.32. The van der Waals surface area contributed by atoms with Gasteiger partial charge in [-0.05, 0) is 42.2 Å². The van der Waals surface area contributed by atoms with Gasteiger partial charge in [0.2, 0.25) is 0 Å². The number of aryl methyl sites for hydroxylation is 1. The van der Waals surface area contributed by atoms with E-state index in [1.807, 2.05) is 12.1 Å². The van der Waals surface area contributed by atoms with Gasteiger partial charge in [0.05, 0.1) is 7.11 Å². The predicted molar refractivity (Wildman–Crippen MR) is 94.7 cm³/mol. The first kappa shape index (κ1) is 16.4. The Kier molecular flexibility index (Phi) is 5.12. The van der Waals surface area contributed by atoms with Crippen molar-refractivity contribution in [2.45, 2.75) is 34.2 Å². The molecule has 0 fully saturated rings. The molecule has 2 heteroatoms. The Bertz CT molecular complexity index is 579. The van der Waals surface area contributed by atoms with Crippen LogP contribution in [0.4, 0.5) is 5.69 Å². The maximum atomic E-state index is 5.26. The molecule has 0 amide bonds. The maximum absolute atomic E-state index is 5.26. The summed E-state index contributed by atoms with van der Waals surface area (Å²) in [7, 11) is 1.70. The van der Waals surface area contributed by atoms with Gasteiger partial charge in [0.25, 0.3) is 0 Å². The van der Waals surface area contributed by atoms with E-state index in [-0.39, 0.29) is 5.41 Å². The fourth-order valence-electron chi connectivity index (χ4n) is 2.52. The Morgan fingerprint density at radius 2 is 1.50 bits per heavy atom. The summed E-state index contributed by atoms with van der Waals surface area (Å²) in [5.74, 6) is 0.898. The first-order chi connectivity index (χ1) is 10.4. The first-order valence-electron chi connectivity index (χ1n) is 7.82. The van der Waals surface area contributed by atoms with E-state index in [1.165, 1.54) is 16.8 Å². The van der Waals surface area contributed by atoms with E-state index in [1.54, 1.807) is 7.11 Å². The summed E-state index contributed by atoms with van der Waals surface area (Å²) in [4.78, 5) is 2.43. The van der Waals surface area contributed by atoms with E-state index in [2.05, 4.69) is 69.0 Å². The molecule has 0 saturated heterocycles. The molecule has 0 aliphatic heterocycles. The topological polar surface area (TPSA) is 12.5 Å². The van der Waals surface area contributed by atoms with Crippen LogP contribution in [0.3, 0.4) is 0 Å². The number of rotatable bonds is 5. The minimum atomic E-state index is 0.241. The highest BCUT2D eigenvalue weighted by Crippen LogP contribution is 2.25. The zero-order chi connectivity index (χ0) is 16.2. The second-order valence-electron chi connectivity index (χ2n) is 7.10. The number of methoxy groups -OCH3 is 1. The average Bonchev–Trinajstić information content (AvgIpc) is 2.48. The molecule has 2 aromatic rings. The summed E-state index contributed by atoms with van der Waals surface area (Å²) in [6.07, 6.45) is 0. The Morgan fingerprint density at radius 3 is 2.00 bits per heavy atom. The third-order valence-electron chi connectivity index (χ3n) is 3.60. The standard InChI is InChI=1S/C20H27NO/c1-16-6-8-17(9-7-16)14-21(15-20(2,3)4)18-10-12-19(22-5)13-11-18/h6-13H,14-15H2,1-5H3. The Balaban J connectivity index is 2.23. The van der Waals surface area contributed by atoms with Crippen LogP contribution in [0.5, 0.6) is 5.75 Å². The number of nitrogens with zero attached hydrogens (tertiary/aromatic N) is 1. The minimum Gasteiger partial charge on any atom is -0.497 e. The summed E-state index contributed by atoms with van der Waals surface area (Å²) in [6.45, 7) is 10.9. The van der Waals surface area contributed by atoms with Crippen molar-refractivity contribution in [3.63, 3.8) is 0 Å². The third-order valence-corrected chi connectivity index (χ3v) is 3.60. The van der Waals surface area contributed by atoms with Gasteiger partial charge in [-0.15, -0.1) is 0 Å². The van der Waals surface area contributed by atoms with Crippen LogP contribution in [0.2, 0.25) is 0 Å². The SMILES string of the molecule is COc1ccc(N(Cc2ccc(C)cc2)CC(C)(C)C)cc1. The molecule has 118 valence electrons. The predicted octanol–water partition coefficient (Wildman–Crippen LogP) is 5.06. The van der Waals surface area contributed by atoms with E-state index in [0.717, 1.165) is 18.8 Å². The van der Waals surface area contributed by atoms with E-state index < -0.39 is 0 Å². The van der Waals surface area contributed by atoms with Crippen LogP contribution in [-0.4, -0.2) is 13.7 Å². The van der Waals surface area contributed by atoms with Crippen LogP contribution in [-0.2, 0) is 6.54 Å². The summed E-state index contributed by atoms with van der Waals surface area (Å²) < 4.78 is 5.26. The molecule has 0 N–H and O–H groups in total. The van der Waals surface area contributed by atoms with Crippen LogP contribution in [0.1, 0.15) is 31.9 Å². The molecular formula is C20H27NO. The number of hydrogen-bond acceptors (Lipinski definition) is 2. The maximum Gasteiger partial charge on any atom is 0.119 e. The van der Waals surface area contributed by atoms with E-state index in [4.69, 9.17) is 4.74 Å². The summed E-state index contributed by atoms with van der Waals surface area (Å²) in [5.41, 5.74) is 4.11. The lowest BCUT2D eigenvalue weighted by atomic mass is 9.95. The summed E-state index contributed by atoms with van der Waals surface area (Å²) in [6, 6.07) is 17.1. The summed E-state index contributed by atoms with van der Waals surface area (Å²) in [5, 5.41) is 0. The molecule has 0 aliphatic rings. The molecule has 2 nitrogen and oxygen atoms in total. The van der Waals surface area contributed by atoms with Crippen molar-refractivity contribution in [3.05, 3.63) is 59.7 Å². The zero-order valence-corrected chi connectivity index (χ0v) is 14.4. The van der Waals surface area contributed by atoms with Crippen molar-refractivity contribution >= 4 is 5.69 Å². The highest BCUT2D eigenvalue weighted by Gasteiger charge is 2.17. The van der Waals surface area contributed by atoms with Gasteiger partial charge in [0.15, 0.2) is 0 Å². The number of anilines is 1. The Morgan fingerprint density at radius 1 is 0.909 bits per heavy atom.